The van der Waals surface area contributed by atoms with E-state index < -0.39 is 0 Å². The summed E-state index contributed by atoms with van der Waals surface area (Å²) < 4.78 is 5.38. The van der Waals surface area contributed by atoms with Gasteiger partial charge in [-0.15, -0.1) is 0 Å². The molecule has 0 bridgehead atoms. The summed E-state index contributed by atoms with van der Waals surface area (Å²) >= 11 is 0. The van der Waals surface area contributed by atoms with E-state index in [-0.39, 0.29) is 0 Å². The lowest BCUT2D eigenvalue weighted by molar-refractivity contribution is -0.921. The Labute approximate surface area is 95.0 Å². The van der Waals surface area contributed by atoms with Gasteiger partial charge in [0, 0.05) is 22.7 Å². The van der Waals surface area contributed by atoms with Gasteiger partial charge < -0.3 is 14.6 Å². The molecule has 0 aliphatic carbocycles. The van der Waals surface area contributed by atoms with Gasteiger partial charge in [0.05, 0.1) is 13.2 Å². The Bertz CT molecular complexity index is 471. The number of quaternary nitrogens is 1. The summed E-state index contributed by atoms with van der Waals surface area (Å²) in [5, 5.41) is 1.36. The highest BCUT2D eigenvalue weighted by Gasteiger charge is 2.15. The van der Waals surface area contributed by atoms with Gasteiger partial charge in [-0.3, -0.25) is 0 Å². The molecule has 0 radical (unpaired) electrons. The zero-order valence-corrected chi connectivity index (χ0v) is 9.33. The molecule has 1 aromatic heterocycles. The van der Waals surface area contributed by atoms with Crippen LogP contribution in [-0.2, 0) is 11.3 Å². The van der Waals surface area contributed by atoms with Crippen LogP contribution < -0.4 is 4.90 Å². The van der Waals surface area contributed by atoms with E-state index in [0.717, 1.165) is 32.8 Å². The molecule has 3 rings (SSSR count). The lowest BCUT2D eigenvalue weighted by atomic mass is 10.1. The Hall–Kier alpha value is -1.32. The van der Waals surface area contributed by atoms with Crippen molar-refractivity contribution >= 4 is 10.9 Å². The normalized spacial score (nSPS) is 18.0. The predicted octanol–water partition coefficient (Wildman–Crippen LogP) is 0.583. The molecule has 2 aromatic rings. The molecule has 1 aliphatic heterocycles. The van der Waals surface area contributed by atoms with Crippen molar-refractivity contribution in [2.24, 2.45) is 0 Å². The molecule has 1 saturated heterocycles. The van der Waals surface area contributed by atoms with Crippen LogP contribution in [0.4, 0.5) is 0 Å². The Kier molecular flexibility index (Phi) is 2.64. The van der Waals surface area contributed by atoms with E-state index in [4.69, 9.17) is 4.74 Å². The van der Waals surface area contributed by atoms with Crippen molar-refractivity contribution in [1.82, 2.24) is 4.98 Å². The molecule has 0 unspecified atom stereocenters. The van der Waals surface area contributed by atoms with Gasteiger partial charge in [-0.1, -0.05) is 18.2 Å². The van der Waals surface area contributed by atoms with Gasteiger partial charge in [0.15, 0.2) is 0 Å². The first-order valence-electron chi connectivity index (χ1n) is 5.90. The lowest BCUT2D eigenvalue weighted by Gasteiger charge is -2.23. The van der Waals surface area contributed by atoms with Crippen LogP contribution in [-0.4, -0.2) is 31.3 Å². The quantitative estimate of drug-likeness (QED) is 0.757. The van der Waals surface area contributed by atoms with Crippen LogP contribution in [0.25, 0.3) is 10.9 Å². The lowest BCUT2D eigenvalue weighted by Crippen LogP contribution is -3.12. The minimum atomic E-state index is 0.900. The summed E-state index contributed by atoms with van der Waals surface area (Å²) in [6, 6.07) is 8.51. The average Bonchev–Trinajstić information content (AvgIpc) is 2.74. The predicted molar refractivity (Wildman–Crippen MR) is 63.5 cm³/mol. The number of hydrogen-bond donors (Lipinski definition) is 2. The van der Waals surface area contributed by atoms with Crippen LogP contribution in [0, 0.1) is 0 Å². The molecule has 0 spiro atoms. The van der Waals surface area contributed by atoms with Gasteiger partial charge in [0.2, 0.25) is 0 Å². The number of fused-ring (bicyclic) bond motifs is 1. The third-order valence-corrected chi connectivity index (χ3v) is 3.32. The number of para-hydroxylation sites is 1. The van der Waals surface area contributed by atoms with Crippen LogP contribution >= 0.6 is 0 Å². The molecule has 84 valence electrons. The van der Waals surface area contributed by atoms with E-state index in [1.54, 1.807) is 4.90 Å². The molecule has 1 aliphatic rings. The van der Waals surface area contributed by atoms with Crippen LogP contribution in [0.2, 0.25) is 0 Å². The second kappa shape index (κ2) is 4.28. The molecule has 0 atom stereocenters. The Morgan fingerprint density at radius 1 is 1.19 bits per heavy atom. The SMILES string of the molecule is c1ccc2c(C[NH+]3CCOCC3)c[nH]c2c1. The number of aromatic amines is 1. The fourth-order valence-electron chi connectivity index (χ4n) is 2.38. The Morgan fingerprint density at radius 3 is 2.88 bits per heavy atom. The summed E-state index contributed by atoms with van der Waals surface area (Å²) in [5.74, 6) is 0. The van der Waals surface area contributed by atoms with Crippen LogP contribution in [0.1, 0.15) is 5.56 Å². The van der Waals surface area contributed by atoms with E-state index in [0.29, 0.717) is 0 Å². The summed E-state index contributed by atoms with van der Waals surface area (Å²) in [6.07, 6.45) is 2.15. The van der Waals surface area contributed by atoms with Crippen molar-refractivity contribution < 1.29 is 9.64 Å². The van der Waals surface area contributed by atoms with Crippen LogP contribution in [0.15, 0.2) is 30.5 Å². The maximum absolute atomic E-state index is 5.38. The Balaban J connectivity index is 1.83. The van der Waals surface area contributed by atoms with E-state index >= 15 is 0 Å². The number of hydrogen-bond acceptors (Lipinski definition) is 1. The van der Waals surface area contributed by atoms with Crippen molar-refractivity contribution in [3.05, 3.63) is 36.0 Å². The van der Waals surface area contributed by atoms with Crippen LogP contribution in [0.5, 0.6) is 0 Å². The molecule has 3 nitrogen and oxygen atoms in total. The number of ether oxygens (including phenoxy) is 1. The molecule has 0 saturated carbocycles. The van der Waals surface area contributed by atoms with E-state index in [1.807, 2.05) is 0 Å². The number of rotatable bonds is 2. The maximum atomic E-state index is 5.38. The number of benzene rings is 1. The van der Waals surface area contributed by atoms with E-state index in [2.05, 4.69) is 35.4 Å². The standard InChI is InChI=1S/C13H16N2O/c1-2-4-13-12(3-1)11(9-14-13)10-15-5-7-16-8-6-15/h1-4,9,14H,5-8,10H2/p+1. The highest BCUT2D eigenvalue weighted by atomic mass is 16.5. The van der Waals surface area contributed by atoms with Gasteiger partial charge in [-0.05, 0) is 6.07 Å². The van der Waals surface area contributed by atoms with Crippen molar-refractivity contribution in [2.45, 2.75) is 6.54 Å². The molecule has 16 heavy (non-hydrogen) atoms. The smallest absolute Gasteiger partial charge is 0.105 e. The summed E-state index contributed by atoms with van der Waals surface area (Å²) in [7, 11) is 0. The first-order valence-corrected chi connectivity index (χ1v) is 5.90. The highest BCUT2D eigenvalue weighted by molar-refractivity contribution is 5.82. The molecular formula is C13H17N2O+. The fourth-order valence-corrected chi connectivity index (χ4v) is 2.38. The first-order chi connectivity index (χ1) is 7.93. The molecule has 3 heteroatoms. The third-order valence-electron chi connectivity index (χ3n) is 3.32. The van der Waals surface area contributed by atoms with Crippen molar-refractivity contribution in [3.63, 3.8) is 0 Å². The molecule has 1 fully saturated rings. The molecule has 1 aromatic carbocycles. The summed E-state index contributed by atoms with van der Waals surface area (Å²) in [4.78, 5) is 4.95. The maximum Gasteiger partial charge on any atom is 0.105 e. The van der Waals surface area contributed by atoms with Crippen LogP contribution in [0.3, 0.4) is 0 Å². The number of H-pyrrole nitrogens is 1. The number of aromatic nitrogens is 1. The Morgan fingerprint density at radius 2 is 2.00 bits per heavy atom. The highest BCUT2D eigenvalue weighted by Crippen LogP contribution is 2.16. The topological polar surface area (TPSA) is 29.5 Å². The number of nitrogens with one attached hydrogen (secondary N) is 2. The monoisotopic (exact) mass is 217 g/mol. The van der Waals surface area contributed by atoms with E-state index in [1.165, 1.54) is 16.5 Å². The second-order valence-corrected chi connectivity index (χ2v) is 4.40. The average molecular weight is 217 g/mol. The van der Waals surface area contributed by atoms with Gasteiger partial charge in [-0.2, -0.15) is 0 Å². The molecule has 2 N–H and O–H groups in total. The van der Waals surface area contributed by atoms with Gasteiger partial charge >= 0.3 is 0 Å². The largest absolute Gasteiger partial charge is 0.370 e. The second-order valence-electron chi connectivity index (χ2n) is 4.40. The van der Waals surface area contributed by atoms with E-state index in [9.17, 15) is 0 Å². The van der Waals surface area contributed by atoms with Crippen molar-refractivity contribution in [2.75, 3.05) is 26.3 Å². The van der Waals surface area contributed by atoms with Gasteiger partial charge in [0.25, 0.3) is 0 Å². The minimum absolute atomic E-state index is 0.900. The summed E-state index contributed by atoms with van der Waals surface area (Å²) in [5.41, 5.74) is 2.66. The number of morpholine rings is 1. The molecule has 0 amide bonds. The minimum Gasteiger partial charge on any atom is -0.370 e. The van der Waals surface area contributed by atoms with Crippen molar-refractivity contribution in [1.29, 1.82) is 0 Å². The zero-order valence-electron chi connectivity index (χ0n) is 9.33. The fraction of sp³-hybridized carbons (Fsp3) is 0.385. The van der Waals surface area contributed by atoms with Gasteiger partial charge in [0.1, 0.15) is 19.6 Å². The summed E-state index contributed by atoms with van der Waals surface area (Å²) in [6.45, 7) is 5.15. The zero-order chi connectivity index (χ0) is 10.8. The molecule has 2 heterocycles. The first kappa shape index (κ1) is 9.87. The molecular weight excluding hydrogens is 200 g/mol. The van der Waals surface area contributed by atoms with Gasteiger partial charge in [-0.25, -0.2) is 0 Å². The third kappa shape index (κ3) is 1.84. The van der Waals surface area contributed by atoms with Crippen molar-refractivity contribution in [3.8, 4) is 0 Å².